The standard InChI is InChI=1S/C17H29N7/c1-3-6-24-14(2)16(9-19-24)12-22-7-4-5-15(10-22)11-23-13-17(8-18)20-21-23/h9,13,15H,3-8,10-12,18H2,1-2H3/t15-/m1/s1. The van der Waals surface area contributed by atoms with Crippen molar-refractivity contribution < 1.29 is 0 Å². The zero-order valence-electron chi connectivity index (χ0n) is 14.9. The van der Waals surface area contributed by atoms with Crippen LogP contribution in [0.4, 0.5) is 0 Å². The van der Waals surface area contributed by atoms with E-state index in [0.717, 1.165) is 38.3 Å². The summed E-state index contributed by atoms with van der Waals surface area (Å²) in [6.07, 6.45) is 7.63. The highest BCUT2D eigenvalue weighted by molar-refractivity contribution is 5.16. The number of hydrogen-bond donors (Lipinski definition) is 1. The van der Waals surface area contributed by atoms with Crippen LogP contribution in [0.2, 0.25) is 0 Å². The molecule has 0 radical (unpaired) electrons. The van der Waals surface area contributed by atoms with Crippen LogP contribution in [-0.4, -0.2) is 42.8 Å². The smallest absolute Gasteiger partial charge is 0.0962 e. The number of piperidine rings is 1. The van der Waals surface area contributed by atoms with Crippen LogP contribution in [0, 0.1) is 12.8 Å². The van der Waals surface area contributed by atoms with E-state index in [1.165, 1.54) is 30.6 Å². The number of rotatable bonds is 7. The van der Waals surface area contributed by atoms with Crippen molar-refractivity contribution in [2.24, 2.45) is 11.7 Å². The van der Waals surface area contributed by atoms with Gasteiger partial charge in [0.25, 0.3) is 0 Å². The van der Waals surface area contributed by atoms with Crippen molar-refractivity contribution in [3.63, 3.8) is 0 Å². The fourth-order valence-corrected chi connectivity index (χ4v) is 3.55. The molecule has 7 nitrogen and oxygen atoms in total. The van der Waals surface area contributed by atoms with Crippen LogP contribution in [0.1, 0.15) is 43.1 Å². The Morgan fingerprint density at radius 3 is 3.00 bits per heavy atom. The van der Waals surface area contributed by atoms with Gasteiger partial charge in [-0.15, -0.1) is 5.10 Å². The minimum atomic E-state index is 0.456. The fraction of sp³-hybridized carbons (Fsp3) is 0.706. The van der Waals surface area contributed by atoms with Crippen LogP contribution < -0.4 is 5.73 Å². The summed E-state index contributed by atoms with van der Waals surface area (Å²) >= 11 is 0. The van der Waals surface area contributed by atoms with Gasteiger partial charge in [0, 0.05) is 50.2 Å². The zero-order chi connectivity index (χ0) is 16.9. The van der Waals surface area contributed by atoms with Gasteiger partial charge in [0.2, 0.25) is 0 Å². The summed E-state index contributed by atoms with van der Waals surface area (Å²) in [5.41, 5.74) is 9.14. The Kier molecular flexibility index (Phi) is 5.63. The van der Waals surface area contributed by atoms with E-state index in [9.17, 15) is 0 Å². The highest BCUT2D eigenvalue weighted by atomic mass is 15.4. The van der Waals surface area contributed by atoms with E-state index in [1.807, 2.05) is 17.1 Å². The van der Waals surface area contributed by atoms with Gasteiger partial charge in [-0.1, -0.05) is 12.1 Å². The highest BCUT2D eigenvalue weighted by Gasteiger charge is 2.22. The predicted octanol–water partition coefficient (Wildman–Crippen LogP) is 1.56. The predicted molar refractivity (Wildman–Crippen MR) is 93.2 cm³/mol. The van der Waals surface area contributed by atoms with E-state index in [-0.39, 0.29) is 0 Å². The minimum Gasteiger partial charge on any atom is -0.325 e. The molecule has 1 saturated heterocycles. The van der Waals surface area contributed by atoms with Gasteiger partial charge in [-0.2, -0.15) is 5.10 Å². The molecule has 0 bridgehead atoms. The Morgan fingerprint density at radius 1 is 1.38 bits per heavy atom. The van der Waals surface area contributed by atoms with Crippen molar-refractivity contribution in [1.29, 1.82) is 0 Å². The first-order valence-electron chi connectivity index (χ1n) is 9.02. The maximum Gasteiger partial charge on any atom is 0.0962 e. The molecule has 3 heterocycles. The lowest BCUT2D eigenvalue weighted by Crippen LogP contribution is -2.36. The maximum atomic E-state index is 5.61. The fourth-order valence-electron chi connectivity index (χ4n) is 3.55. The molecule has 1 aliphatic rings. The molecule has 0 spiro atoms. The number of aryl methyl sites for hydroxylation is 1. The monoisotopic (exact) mass is 331 g/mol. The van der Waals surface area contributed by atoms with E-state index < -0.39 is 0 Å². The van der Waals surface area contributed by atoms with E-state index in [0.29, 0.717) is 12.5 Å². The lowest BCUT2D eigenvalue weighted by molar-refractivity contribution is 0.152. The number of hydrogen-bond acceptors (Lipinski definition) is 5. The zero-order valence-corrected chi connectivity index (χ0v) is 14.9. The molecule has 0 aromatic carbocycles. The van der Waals surface area contributed by atoms with E-state index in [4.69, 9.17) is 5.73 Å². The summed E-state index contributed by atoms with van der Waals surface area (Å²) < 4.78 is 4.07. The second-order valence-corrected chi connectivity index (χ2v) is 6.86. The number of nitrogens with two attached hydrogens (primary N) is 1. The summed E-state index contributed by atoms with van der Waals surface area (Å²) in [7, 11) is 0. The Morgan fingerprint density at radius 2 is 2.25 bits per heavy atom. The van der Waals surface area contributed by atoms with E-state index >= 15 is 0 Å². The Bertz CT molecular complexity index is 645. The quantitative estimate of drug-likeness (QED) is 0.833. The van der Waals surface area contributed by atoms with Crippen molar-refractivity contribution in [1.82, 2.24) is 29.7 Å². The average Bonchev–Trinajstić information content (AvgIpc) is 3.17. The van der Waals surface area contributed by atoms with Crippen LogP contribution in [0.3, 0.4) is 0 Å². The molecule has 7 heteroatoms. The molecule has 2 aromatic rings. The van der Waals surface area contributed by atoms with Gasteiger partial charge in [0.15, 0.2) is 0 Å². The average molecular weight is 331 g/mol. The summed E-state index contributed by atoms with van der Waals surface area (Å²) in [6, 6.07) is 0. The van der Waals surface area contributed by atoms with Crippen LogP contribution in [0.5, 0.6) is 0 Å². The molecule has 24 heavy (non-hydrogen) atoms. The van der Waals surface area contributed by atoms with Crippen LogP contribution in [-0.2, 0) is 26.2 Å². The third kappa shape index (κ3) is 4.02. The van der Waals surface area contributed by atoms with Gasteiger partial charge in [0.1, 0.15) is 0 Å². The first-order valence-corrected chi connectivity index (χ1v) is 9.02. The number of nitrogens with zero attached hydrogens (tertiary/aromatic N) is 6. The largest absolute Gasteiger partial charge is 0.325 e. The third-order valence-electron chi connectivity index (χ3n) is 4.88. The van der Waals surface area contributed by atoms with Crippen molar-refractivity contribution in [2.45, 2.75) is 59.3 Å². The van der Waals surface area contributed by atoms with Gasteiger partial charge in [-0.05, 0) is 38.6 Å². The summed E-state index contributed by atoms with van der Waals surface area (Å²) in [4.78, 5) is 2.55. The minimum absolute atomic E-state index is 0.456. The Hall–Kier alpha value is -1.73. The Balaban J connectivity index is 1.57. The third-order valence-corrected chi connectivity index (χ3v) is 4.88. The summed E-state index contributed by atoms with van der Waals surface area (Å²) in [5, 5.41) is 12.8. The van der Waals surface area contributed by atoms with Gasteiger partial charge in [-0.25, -0.2) is 0 Å². The molecule has 1 fully saturated rings. The van der Waals surface area contributed by atoms with Crippen LogP contribution in [0.15, 0.2) is 12.4 Å². The summed E-state index contributed by atoms with van der Waals surface area (Å²) in [5.74, 6) is 0.622. The molecular weight excluding hydrogens is 302 g/mol. The highest BCUT2D eigenvalue weighted by Crippen LogP contribution is 2.21. The maximum absolute atomic E-state index is 5.61. The second-order valence-electron chi connectivity index (χ2n) is 6.86. The van der Waals surface area contributed by atoms with E-state index in [1.54, 1.807) is 0 Å². The SMILES string of the molecule is CCCn1ncc(CN2CCC[C@@H](Cn3cc(CN)nn3)C2)c1C. The van der Waals surface area contributed by atoms with Crippen molar-refractivity contribution in [3.05, 3.63) is 29.3 Å². The molecule has 0 unspecified atom stereocenters. The van der Waals surface area contributed by atoms with Crippen LogP contribution >= 0.6 is 0 Å². The van der Waals surface area contributed by atoms with E-state index in [2.05, 4.69) is 38.8 Å². The molecule has 0 aliphatic carbocycles. The van der Waals surface area contributed by atoms with Crippen molar-refractivity contribution in [2.75, 3.05) is 13.1 Å². The Labute approximate surface area is 143 Å². The van der Waals surface area contributed by atoms with Gasteiger partial charge in [0.05, 0.1) is 11.9 Å². The normalized spacial score (nSPS) is 19.0. The molecule has 0 amide bonds. The number of likely N-dealkylation sites (tertiary alicyclic amines) is 1. The number of aromatic nitrogens is 5. The van der Waals surface area contributed by atoms with Gasteiger partial charge >= 0.3 is 0 Å². The van der Waals surface area contributed by atoms with Crippen molar-refractivity contribution >= 4 is 0 Å². The molecule has 2 N–H and O–H groups in total. The van der Waals surface area contributed by atoms with Crippen LogP contribution in [0.25, 0.3) is 0 Å². The van der Waals surface area contributed by atoms with Gasteiger partial charge in [-0.3, -0.25) is 14.3 Å². The molecule has 132 valence electrons. The molecule has 1 atom stereocenters. The molecule has 0 saturated carbocycles. The molecule has 1 aliphatic heterocycles. The van der Waals surface area contributed by atoms with Crippen molar-refractivity contribution in [3.8, 4) is 0 Å². The lowest BCUT2D eigenvalue weighted by Gasteiger charge is -2.32. The molecule has 3 rings (SSSR count). The second kappa shape index (κ2) is 7.90. The topological polar surface area (TPSA) is 77.8 Å². The molecular formula is C17H29N7. The molecule has 2 aromatic heterocycles. The lowest BCUT2D eigenvalue weighted by atomic mass is 9.97. The summed E-state index contributed by atoms with van der Waals surface area (Å²) in [6.45, 7) is 10.0. The first-order chi connectivity index (χ1) is 11.7. The first kappa shape index (κ1) is 17.1. The van der Waals surface area contributed by atoms with Gasteiger partial charge < -0.3 is 5.73 Å².